The number of halogens is 1. The van der Waals surface area contributed by atoms with Gasteiger partial charge in [-0.3, -0.25) is 19.8 Å². The molecule has 0 radical (unpaired) electrons. The number of benzene rings is 3. The van der Waals surface area contributed by atoms with E-state index in [1.165, 1.54) is 60.9 Å². The summed E-state index contributed by atoms with van der Waals surface area (Å²) in [6.45, 7) is 14.7. The van der Waals surface area contributed by atoms with Crippen molar-refractivity contribution in [2.75, 3.05) is 49.5 Å². The highest BCUT2D eigenvalue weighted by Gasteiger charge is 2.49. The van der Waals surface area contributed by atoms with Gasteiger partial charge in [-0.1, -0.05) is 51.5 Å². The molecule has 0 unspecified atom stereocenters. The van der Waals surface area contributed by atoms with Crippen molar-refractivity contribution in [3.63, 3.8) is 0 Å². The number of ether oxygens (including phenoxy) is 2. The number of nitro benzene ring substituents is 1. The lowest BCUT2D eigenvalue weighted by atomic mass is 9.70. The Kier molecular flexibility index (Phi) is 13.2. The standard InChI is InChI=1S/C52H64FN7O8S/c1-6-67-49-46(28-39-41(53)30-55-47(39)56-49)68-45-26-34(58-24-22-52(23-25-58)31-59(32-52)43-13-9-11-37(43)36-10-7-8-12-40(36)50(2,3)4)14-16-38(45)48(61)57-69(65,66)35-15-17-42(44(27-35)60(63)64)54-29-33-18-20-51(5,62)21-19-33/h7-8,10,12,14-17,26-28,30,33,37,43,54,62H,6,9,11,13,18-25,29,31-32H2,1-5H3,(H,55,56)(H,57,61)/t33?,37-,43-,51?/m1/s1. The first-order valence-electron chi connectivity index (χ1n) is 24.3. The molecule has 3 aromatic carbocycles. The maximum absolute atomic E-state index is 14.9. The van der Waals surface area contributed by atoms with Gasteiger partial charge in [0.1, 0.15) is 22.9 Å². The number of sulfonamides is 1. The molecule has 2 atom stereocenters. The van der Waals surface area contributed by atoms with Gasteiger partial charge in [0.2, 0.25) is 0 Å². The summed E-state index contributed by atoms with van der Waals surface area (Å²) in [5.41, 5.74) is 2.99. The lowest BCUT2D eigenvalue weighted by Crippen LogP contribution is -2.63. The third-order valence-electron chi connectivity index (χ3n) is 15.1. The molecule has 2 saturated heterocycles. The normalized spacial score (nSPS) is 22.9. The van der Waals surface area contributed by atoms with Gasteiger partial charge in [-0.15, -0.1) is 0 Å². The van der Waals surface area contributed by atoms with Crippen LogP contribution in [0.4, 0.5) is 21.5 Å². The number of nitrogens with one attached hydrogen (secondary N) is 3. The van der Waals surface area contributed by atoms with Crippen molar-refractivity contribution in [2.45, 2.75) is 120 Å². The molecule has 2 aliphatic heterocycles. The van der Waals surface area contributed by atoms with Crippen molar-refractivity contribution in [3.8, 4) is 17.4 Å². The van der Waals surface area contributed by atoms with E-state index in [2.05, 4.69) is 74.8 Å². The number of H-pyrrole nitrogens is 1. The van der Waals surface area contributed by atoms with E-state index in [0.29, 0.717) is 31.3 Å². The van der Waals surface area contributed by atoms with E-state index in [4.69, 9.17) is 9.47 Å². The molecule has 2 saturated carbocycles. The predicted octanol–water partition coefficient (Wildman–Crippen LogP) is 9.81. The quantitative estimate of drug-likeness (QED) is 0.0609. The van der Waals surface area contributed by atoms with E-state index in [9.17, 15) is 32.8 Å². The van der Waals surface area contributed by atoms with Crippen LogP contribution in [0.3, 0.4) is 0 Å². The van der Waals surface area contributed by atoms with Gasteiger partial charge in [0.05, 0.1) is 33.0 Å². The van der Waals surface area contributed by atoms with Gasteiger partial charge >= 0.3 is 0 Å². The van der Waals surface area contributed by atoms with Crippen molar-refractivity contribution in [2.24, 2.45) is 11.3 Å². The molecule has 0 bridgehead atoms. The van der Waals surface area contributed by atoms with Crippen molar-refractivity contribution in [1.29, 1.82) is 0 Å². The highest BCUT2D eigenvalue weighted by Crippen LogP contribution is 2.49. The van der Waals surface area contributed by atoms with Crippen molar-refractivity contribution in [3.05, 3.63) is 106 Å². The second-order valence-corrected chi connectivity index (χ2v) is 22.7. The lowest BCUT2D eigenvalue weighted by molar-refractivity contribution is -0.384. The summed E-state index contributed by atoms with van der Waals surface area (Å²) in [6.07, 6.45) is 9.48. The Hall–Kier alpha value is -5.78. The number of amides is 1. The number of fused-ring (bicyclic) bond motifs is 1. The first-order valence-corrected chi connectivity index (χ1v) is 25.8. The molecule has 4 N–H and O–H groups in total. The Morgan fingerprint density at radius 1 is 1.00 bits per heavy atom. The fourth-order valence-corrected chi connectivity index (χ4v) is 12.2. The first kappa shape index (κ1) is 48.3. The molecule has 4 heterocycles. The van der Waals surface area contributed by atoms with E-state index >= 15 is 0 Å². The van der Waals surface area contributed by atoms with Gasteiger partial charge in [0.15, 0.2) is 5.75 Å². The second kappa shape index (κ2) is 18.9. The third kappa shape index (κ3) is 10.1. The number of carbonyl (C=O) groups is 1. The number of pyridine rings is 1. The summed E-state index contributed by atoms with van der Waals surface area (Å²) >= 11 is 0. The van der Waals surface area contributed by atoms with E-state index in [0.717, 1.165) is 63.6 Å². The third-order valence-corrected chi connectivity index (χ3v) is 16.4. The van der Waals surface area contributed by atoms with E-state index in [1.54, 1.807) is 26.0 Å². The van der Waals surface area contributed by atoms with Gasteiger partial charge in [-0.25, -0.2) is 17.5 Å². The Morgan fingerprint density at radius 3 is 2.45 bits per heavy atom. The minimum Gasteiger partial charge on any atom is -0.475 e. The average molecular weight is 966 g/mol. The summed E-state index contributed by atoms with van der Waals surface area (Å²) in [4.78, 5) is 37.4. The van der Waals surface area contributed by atoms with Crippen LogP contribution in [0.25, 0.3) is 11.0 Å². The number of aromatic amines is 1. The summed E-state index contributed by atoms with van der Waals surface area (Å²) < 4.78 is 56.9. The largest absolute Gasteiger partial charge is 0.475 e. The zero-order valence-electron chi connectivity index (χ0n) is 40.1. The van der Waals surface area contributed by atoms with Gasteiger partial charge in [0.25, 0.3) is 27.5 Å². The molecular formula is C52H64FN7O8S. The van der Waals surface area contributed by atoms with Gasteiger partial charge in [0, 0.05) is 68.8 Å². The highest BCUT2D eigenvalue weighted by atomic mass is 32.2. The number of aliphatic hydroxyl groups is 1. The predicted molar refractivity (Wildman–Crippen MR) is 264 cm³/mol. The molecule has 2 aromatic heterocycles. The zero-order chi connectivity index (χ0) is 48.9. The second-order valence-electron chi connectivity index (χ2n) is 21.1. The maximum atomic E-state index is 14.9. The van der Waals surface area contributed by atoms with E-state index in [1.807, 2.05) is 0 Å². The minimum absolute atomic E-state index is 0.0109. The molecule has 4 aliphatic rings. The highest BCUT2D eigenvalue weighted by molar-refractivity contribution is 7.90. The monoisotopic (exact) mass is 965 g/mol. The number of rotatable bonds is 14. The van der Waals surface area contributed by atoms with Gasteiger partial charge < -0.3 is 29.8 Å². The summed E-state index contributed by atoms with van der Waals surface area (Å²) in [5.74, 6) is -0.892. The molecule has 1 spiro atoms. The number of likely N-dealkylation sites (tertiary alicyclic amines) is 1. The van der Waals surface area contributed by atoms with Gasteiger partial charge in [-0.2, -0.15) is 4.98 Å². The smallest absolute Gasteiger partial charge is 0.293 e. The van der Waals surface area contributed by atoms with Crippen molar-refractivity contribution >= 4 is 44.0 Å². The molecule has 17 heteroatoms. The number of anilines is 2. The molecule has 5 aromatic rings. The summed E-state index contributed by atoms with van der Waals surface area (Å²) in [6, 6.07) is 19.3. The number of nitro groups is 1. The van der Waals surface area contributed by atoms with Crippen LogP contribution in [0.1, 0.15) is 120 Å². The molecule has 368 valence electrons. The summed E-state index contributed by atoms with van der Waals surface area (Å²) in [7, 11) is -4.66. The lowest BCUT2D eigenvalue weighted by Gasteiger charge is -2.57. The Morgan fingerprint density at radius 2 is 1.74 bits per heavy atom. The molecule has 9 rings (SSSR count). The molecule has 1 amide bonds. The van der Waals surface area contributed by atoms with Crippen LogP contribution in [0.15, 0.2) is 77.8 Å². The Balaban J connectivity index is 0.934. The molecule has 69 heavy (non-hydrogen) atoms. The Labute approximate surface area is 403 Å². The van der Waals surface area contributed by atoms with Crippen LogP contribution in [0.2, 0.25) is 0 Å². The van der Waals surface area contributed by atoms with Crippen LogP contribution in [0, 0.1) is 27.3 Å². The minimum atomic E-state index is -4.66. The number of nitrogens with zero attached hydrogens (tertiary/aromatic N) is 4. The number of carbonyl (C=O) groups excluding carboxylic acids is 1. The molecule has 4 fully saturated rings. The van der Waals surface area contributed by atoms with Crippen molar-refractivity contribution in [1.82, 2.24) is 19.6 Å². The van der Waals surface area contributed by atoms with Crippen LogP contribution >= 0.6 is 0 Å². The van der Waals surface area contributed by atoms with Crippen LogP contribution in [-0.4, -0.2) is 90.2 Å². The SMILES string of the molecule is CCOc1nc2[nH]cc(F)c2cc1Oc1cc(N2CCC3(CC2)CN([C@@H]2CCC[C@@H]2c2ccccc2C(C)(C)C)C3)ccc1C(=O)NS(=O)(=O)c1ccc(NCC2CCC(C)(O)CC2)c([N+](=O)[O-])c1. The number of hydrogen-bond donors (Lipinski definition) is 4. The van der Waals surface area contributed by atoms with Gasteiger partial charge in [-0.05, 0) is 123 Å². The van der Waals surface area contributed by atoms with Crippen molar-refractivity contribution < 1.29 is 37.1 Å². The average Bonchev–Trinajstić information content (AvgIpc) is 3.93. The number of piperidine rings is 1. The maximum Gasteiger partial charge on any atom is 0.293 e. The van der Waals surface area contributed by atoms with Crippen LogP contribution < -0.4 is 24.4 Å². The Bertz CT molecular complexity index is 2840. The fraction of sp³-hybridized carbons (Fsp3) is 0.500. The molecule has 15 nitrogen and oxygen atoms in total. The topological polar surface area (TPSA) is 192 Å². The molecule has 2 aliphatic carbocycles. The zero-order valence-corrected chi connectivity index (χ0v) is 41.0. The van der Waals surface area contributed by atoms with E-state index < -0.39 is 42.9 Å². The van der Waals surface area contributed by atoms with E-state index in [-0.39, 0.29) is 63.0 Å². The number of hydrogen-bond acceptors (Lipinski definition) is 12. The van der Waals surface area contributed by atoms with Crippen LogP contribution in [0.5, 0.6) is 17.4 Å². The first-order chi connectivity index (χ1) is 32.8. The van der Waals surface area contributed by atoms with Crippen LogP contribution in [-0.2, 0) is 15.4 Å². The summed E-state index contributed by atoms with van der Waals surface area (Å²) in [5, 5.41) is 25.8. The number of aromatic nitrogens is 2. The fourth-order valence-electron chi connectivity index (χ4n) is 11.2. The molecular weight excluding hydrogens is 902 g/mol.